The highest BCUT2D eigenvalue weighted by atomic mass is 16.5. The Bertz CT molecular complexity index is 236. The Morgan fingerprint density at radius 1 is 1.28 bits per heavy atom. The average Bonchev–Trinajstić information content (AvgIpc) is 2.65. The van der Waals surface area contributed by atoms with Gasteiger partial charge in [-0.05, 0) is 25.8 Å². The first-order valence-electron chi connectivity index (χ1n) is 7.52. The van der Waals surface area contributed by atoms with Gasteiger partial charge in [-0.1, -0.05) is 13.8 Å². The number of hydrogen-bond acceptors (Lipinski definition) is 4. The van der Waals surface area contributed by atoms with E-state index in [1.807, 2.05) is 0 Å². The van der Waals surface area contributed by atoms with E-state index in [0.717, 1.165) is 58.7 Å². The molecule has 106 valence electrons. The van der Waals surface area contributed by atoms with Gasteiger partial charge in [0.05, 0.1) is 12.7 Å². The van der Waals surface area contributed by atoms with Gasteiger partial charge >= 0.3 is 0 Å². The zero-order valence-electron chi connectivity index (χ0n) is 11.9. The Kier molecular flexibility index (Phi) is 5.89. The summed E-state index contributed by atoms with van der Waals surface area (Å²) in [5.74, 6) is 0. The van der Waals surface area contributed by atoms with Crippen LogP contribution in [0.3, 0.4) is 0 Å². The summed E-state index contributed by atoms with van der Waals surface area (Å²) in [7, 11) is 0. The number of rotatable bonds is 4. The van der Waals surface area contributed by atoms with Gasteiger partial charge in [-0.3, -0.25) is 4.90 Å². The van der Waals surface area contributed by atoms with Gasteiger partial charge in [0.2, 0.25) is 0 Å². The molecule has 0 radical (unpaired) electrons. The maximum Gasteiger partial charge on any atom is 0.0699 e. The predicted octanol–water partition coefficient (Wildman–Crippen LogP) is 1.25. The fraction of sp³-hybridized carbons (Fsp3) is 1.00. The fourth-order valence-electron chi connectivity index (χ4n) is 3.05. The lowest BCUT2D eigenvalue weighted by molar-refractivity contribution is -0.0154. The van der Waals surface area contributed by atoms with E-state index < -0.39 is 0 Å². The summed E-state index contributed by atoms with van der Waals surface area (Å²) in [4.78, 5) is 2.59. The molecule has 3 atom stereocenters. The second kappa shape index (κ2) is 7.43. The standard InChI is InChI=1S/C14H28N2O2/c1-3-12-10-16(7-5-8-18-12)14-11-17-9-6-13(14)15-4-2/h12-15H,3-11H2,1-2H3. The minimum atomic E-state index is 0.400. The third kappa shape index (κ3) is 3.67. The van der Waals surface area contributed by atoms with Crippen molar-refractivity contribution in [1.82, 2.24) is 10.2 Å². The Balaban J connectivity index is 1.97. The number of hydrogen-bond donors (Lipinski definition) is 1. The van der Waals surface area contributed by atoms with Gasteiger partial charge in [0, 0.05) is 38.4 Å². The number of nitrogens with zero attached hydrogens (tertiary/aromatic N) is 1. The lowest BCUT2D eigenvalue weighted by Gasteiger charge is -2.40. The molecular weight excluding hydrogens is 228 g/mol. The molecule has 18 heavy (non-hydrogen) atoms. The molecular formula is C14H28N2O2. The van der Waals surface area contributed by atoms with Crippen molar-refractivity contribution < 1.29 is 9.47 Å². The lowest BCUT2D eigenvalue weighted by Crippen LogP contribution is -2.56. The number of ether oxygens (including phenoxy) is 2. The summed E-state index contributed by atoms with van der Waals surface area (Å²) in [6.07, 6.45) is 3.78. The van der Waals surface area contributed by atoms with Crippen LogP contribution in [0.1, 0.15) is 33.1 Å². The molecule has 2 aliphatic rings. The van der Waals surface area contributed by atoms with E-state index in [9.17, 15) is 0 Å². The van der Waals surface area contributed by atoms with Gasteiger partial charge in [-0.25, -0.2) is 0 Å². The summed E-state index contributed by atoms with van der Waals surface area (Å²) >= 11 is 0. The Labute approximate surface area is 111 Å². The quantitative estimate of drug-likeness (QED) is 0.821. The van der Waals surface area contributed by atoms with Crippen LogP contribution in [0.15, 0.2) is 0 Å². The maximum atomic E-state index is 5.87. The lowest BCUT2D eigenvalue weighted by atomic mass is 10.0. The van der Waals surface area contributed by atoms with Crippen LogP contribution in [-0.2, 0) is 9.47 Å². The van der Waals surface area contributed by atoms with Crippen LogP contribution in [0, 0.1) is 0 Å². The smallest absolute Gasteiger partial charge is 0.0699 e. The normalized spacial score (nSPS) is 35.3. The molecule has 2 heterocycles. The van der Waals surface area contributed by atoms with Crippen molar-refractivity contribution in [3.05, 3.63) is 0 Å². The minimum absolute atomic E-state index is 0.400. The van der Waals surface area contributed by atoms with E-state index >= 15 is 0 Å². The zero-order chi connectivity index (χ0) is 12.8. The monoisotopic (exact) mass is 256 g/mol. The first-order chi connectivity index (χ1) is 8.85. The van der Waals surface area contributed by atoms with Crippen LogP contribution in [0.5, 0.6) is 0 Å². The van der Waals surface area contributed by atoms with Crippen LogP contribution < -0.4 is 5.32 Å². The van der Waals surface area contributed by atoms with Crippen LogP contribution >= 0.6 is 0 Å². The van der Waals surface area contributed by atoms with Crippen molar-refractivity contribution in [2.24, 2.45) is 0 Å². The van der Waals surface area contributed by atoms with E-state index in [2.05, 4.69) is 24.1 Å². The van der Waals surface area contributed by atoms with Crippen molar-refractivity contribution in [2.45, 2.75) is 51.3 Å². The average molecular weight is 256 g/mol. The van der Waals surface area contributed by atoms with Crippen LogP contribution in [0.4, 0.5) is 0 Å². The highest BCUT2D eigenvalue weighted by molar-refractivity contribution is 4.88. The second-order valence-corrected chi connectivity index (χ2v) is 5.34. The van der Waals surface area contributed by atoms with Gasteiger partial charge in [0.1, 0.15) is 0 Å². The second-order valence-electron chi connectivity index (χ2n) is 5.34. The molecule has 0 bridgehead atoms. The molecule has 0 aliphatic carbocycles. The molecule has 2 fully saturated rings. The summed E-state index contributed by atoms with van der Waals surface area (Å²) in [6.45, 7) is 10.3. The van der Waals surface area contributed by atoms with Crippen molar-refractivity contribution in [1.29, 1.82) is 0 Å². The van der Waals surface area contributed by atoms with Gasteiger partial charge in [-0.15, -0.1) is 0 Å². The van der Waals surface area contributed by atoms with Gasteiger partial charge in [0.15, 0.2) is 0 Å². The van der Waals surface area contributed by atoms with Crippen molar-refractivity contribution in [2.75, 3.05) is 39.5 Å². The summed E-state index contributed by atoms with van der Waals surface area (Å²) in [5, 5.41) is 3.62. The molecule has 0 amide bonds. The molecule has 0 aromatic heterocycles. The first kappa shape index (κ1) is 14.3. The molecule has 4 nitrogen and oxygen atoms in total. The SMILES string of the molecule is CCNC1CCOCC1N1CCCOC(CC)C1. The predicted molar refractivity (Wildman–Crippen MR) is 72.9 cm³/mol. The maximum absolute atomic E-state index is 5.87. The minimum Gasteiger partial charge on any atom is -0.380 e. The first-order valence-corrected chi connectivity index (χ1v) is 7.52. The molecule has 0 spiro atoms. The Morgan fingerprint density at radius 3 is 2.94 bits per heavy atom. The molecule has 0 aromatic rings. The highest BCUT2D eigenvalue weighted by Gasteiger charge is 2.32. The van der Waals surface area contributed by atoms with Gasteiger partial charge in [0.25, 0.3) is 0 Å². The van der Waals surface area contributed by atoms with Gasteiger partial charge < -0.3 is 14.8 Å². The molecule has 0 aromatic carbocycles. The van der Waals surface area contributed by atoms with Crippen molar-refractivity contribution in [3.8, 4) is 0 Å². The third-order valence-corrected chi connectivity index (χ3v) is 4.10. The topological polar surface area (TPSA) is 33.7 Å². The third-order valence-electron chi connectivity index (χ3n) is 4.10. The van der Waals surface area contributed by atoms with Crippen LogP contribution in [0.2, 0.25) is 0 Å². The molecule has 3 unspecified atom stereocenters. The fourth-order valence-corrected chi connectivity index (χ4v) is 3.05. The van der Waals surface area contributed by atoms with E-state index in [4.69, 9.17) is 9.47 Å². The van der Waals surface area contributed by atoms with E-state index in [1.54, 1.807) is 0 Å². The van der Waals surface area contributed by atoms with Crippen molar-refractivity contribution in [3.63, 3.8) is 0 Å². The van der Waals surface area contributed by atoms with E-state index in [0.29, 0.717) is 18.2 Å². The molecule has 2 saturated heterocycles. The van der Waals surface area contributed by atoms with Crippen LogP contribution in [-0.4, -0.2) is 62.5 Å². The van der Waals surface area contributed by atoms with Gasteiger partial charge in [-0.2, -0.15) is 0 Å². The molecule has 1 N–H and O–H groups in total. The summed E-state index contributed by atoms with van der Waals surface area (Å²) in [5.41, 5.74) is 0. The molecule has 2 rings (SSSR count). The number of likely N-dealkylation sites (N-methyl/N-ethyl adjacent to an activating group) is 1. The summed E-state index contributed by atoms with van der Waals surface area (Å²) in [6, 6.07) is 1.11. The Morgan fingerprint density at radius 2 is 2.17 bits per heavy atom. The number of nitrogens with one attached hydrogen (secondary N) is 1. The van der Waals surface area contributed by atoms with Crippen LogP contribution in [0.25, 0.3) is 0 Å². The largest absolute Gasteiger partial charge is 0.380 e. The highest BCUT2D eigenvalue weighted by Crippen LogP contribution is 2.18. The van der Waals surface area contributed by atoms with Crippen molar-refractivity contribution >= 4 is 0 Å². The zero-order valence-corrected chi connectivity index (χ0v) is 11.9. The molecule has 2 aliphatic heterocycles. The Hall–Kier alpha value is -0.160. The summed E-state index contributed by atoms with van der Waals surface area (Å²) < 4.78 is 11.6. The van der Waals surface area contributed by atoms with E-state index in [1.165, 1.54) is 0 Å². The van der Waals surface area contributed by atoms with E-state index in [-0.39, 0.29) is 0 Å². The molecule has 4 heteroatoms. The molecule has 0 saturated carbocycles.